The van der Waals surface area contributed by atoms with E-state index < -0.39 is 0 Å². The maximum absolute atomic E-state index is 10.9. The normalized spacial score (nSPS) is 11.1. The summed E-state index contributed by atoms with van der Waals surface area (Å²) in [6.45, 7) is 0. The Morgan fingerprint density at radius 1 is 1.00 bits per heavy atom. The van der Waals surface area contributed by atoms with Gasteiger partial charge in [0.15, 0.2) is 0 Å². The maximum Gasteiger partial charge on any atom is 0.103 e. The van der Waals surface area contributed by atoms with E-state index in [1.54, 1.807) is 0 Å². The van der Waals surface area contributed by atoms with Gasteiger partial charge < -0.3 is 5.32 Å². The molecule has 0 radical (unpaired) electrons. The molecule has 0 aliphatic carbocycles. The molecule has 0 aliphatic rings. The molecule has 0 unspecified atom stereocenters. The molecular weight excluding hydrogens is 100 g/mol. The molecule has 3 heteroatoms. The minimum absolute atomic E-state index is 0.278. The highest BCUT2D eigenvalue weighted by Crippen LogP contribution is 1.68. The highest BCUT2D eigenvalue weighted by molar-refractivity contribution is 4.78. The van der Waals surface area contributed by atoms with Crippen molar-refractivity contribution >= 4 is 0 Å². The predicted molar refractivity (Wildman–Crippen MR) is 23.6 cm³/mol. The SMILES string of the molecule is F/C=C/N/C=C/F. The maximum atomic E-state index is 10.9. The van der Waals surface area contributed by atoms with Gasteiger partial charge in [0.25, 0.3) is 0 Å². The summed E-state index contributed by atoms with van der Waals surface area (Å²) >= 11 is 0. The third kappa shape index (κ3) is 5.14. The summed E-state index contributed by atoms with van der Waals surface area (Å²) in [5.74, 6) is 0. The van der Waals surface area contributed by atoms with Gasteiger partial charge in [0.05, 0.1) is 0 Å². The first-order chi connectivity index (χ1) is 3.41. The van der Waals surface area contributed by atoms with Crippen LogP contribution in [0.2, 0.25) is 0 Å². The van der Waals surface area contributed by atoms with Crippen LogP contribution in [0.15, 0.2) is 25.1 Å². The van der Waals surface area contributed by atoms with Crippen molar-refractivity contribution in [2.24, 2.45) is 0 Å². The molecule has 0 saturated heterocycles. The smallest absolute Gasteiger partial charge is 0.103 e. The van der Waals surface area contributed by atoms with E-state index >= 15 is 0 Å². The third-order valence-electron chi connectivity index (χ3n) is 0.318. The largest absolute Gasteiger partial charge is 0.364 e. The fourth-order valence-electron chi connectivity index (χ4n) is 0.128. The van der Waals surface area contributed by atoms with Gasteiger partial charge in [-0.05, 0) is 0 Å². The monoisotopic (exact) mass is 105 g/mol. The zero-order valence-electron chi connectivity index (χ0n) is 3.57. The summed E-state index contributed by atoms with van der Waals surface area (Å²) < 4.78 is 21.8. The second-order valence-corrected chi connectivity index (χ2v) is 0.752. The van der Waals surface area contributed by atoms with Crippen molar-refractivity contribution < 1.29 is 8.78 Å². The van der Waals surface area contributed by atoms with E-state index in [4.69, 9.17) is 0 Å². The second-order valence-electron chi connectivity index (χ2n) is 0.752. The minimum atomic E-state index is 0.278. The van der Waals surface area contributed by atoms with Gasteiger partial charge in [0.2, 0.25) is 0 Å². The van der Waals surface area contributed by atoms with E-state index in [0.29, 0.717) is 0 Å². The molecule has 40 valence electrons. The van der Waals surface area contributed by atoms with E-state index in [2.05, 4.69) is 5.32 Å². The molecule has 0 rings (SSSR count). The van der Waals surface area contributed by atoms with Crippen LogP contribution in [-0.2, 0) is 0 Å². The van der Waals surface area contributed by atoms with Crippen molar-refractivity contribution in [1.29, 1.82) is 0 Å². The lowest BCUT2D eigenvalue weighted by Gasteiger charge is -1.78. The number of halogens is 2. The Bertz CT molecular complexity index is 67.8. The Hall–Kier alpha value is -0.860. The fourth-order valence-corrected chi connectivity index (χ4v) is 0.128. The van der Waals surface area contributed by atoms with E-state index in [-0.39, 0.29) is 12.7 Å². The topological polar surface area (TPSA) is 12.0 Å². The van der Waals surface area contributed by atoms with E-state index in [9.17, 15) is 8.78 Å². The summed E-state index contributed by atoms with van der Waals surface area (Å²) in [7, 11) is 0. The van der Waals surface area contributed by atoms with E-state index in [0.717, 1.165) is 12.4 Å². The zero-order chi connectivity index (χ0) is 5.54. The molecule has 7 heavy (non-hydrogen) atoms. The van der Waals surface area contributed by atoms with Crippen LogP contribution in [0.5, 0.6) is 0 Å². The van der Waals surface area contributed by atoms with Gasteiger partial charge in [0.1, 0.15) is 12.7 Å². The molecule has 0 saturated carbocycles. The Balaban J connectivity index is 2.98. The van der Waals surface area contributed by atoms with Crippen molar-refractivity contribution in [1.82, 2.24) is 5.32 Å². The lowest BCUT2D eigenvalue weighted by Crippen LogP contribution is -1.87. The summed E-state index contributed by atoms with van der Waals surface area (Å²) in [5.41, 5.74) is 0. The number of hydrogen-bond acceptors (Lipinski definition) is 1. The van der Waals surface area contributed by atoms with Crippen LogP contribution >= 0.6 is 0 Å². The lowest BCUT2D eigenvalue weighted by atomic mass is 10.9. The second kappa shape index (κ2) is 5.14. The third-order valence-corrected chi connectivity index (χ3v) is 0.318. The van der Waals surface area contributed by atoms with Gasteiger partial charge in [-0.1, -0.05) is 0 Å². The molecule has 0 atom stereocenters. The first-order valence-corrected chi connectivity index (χ1v) is 1.68. The Morgan fingerprint density at radius 3 is 1.71 bits per heavy atom. The Kier molecular flexibility index (Phi) is 4.51. The lowest BCUT2D eigenvalue weighted by molar-refractivity contribution is 0.703. The molecular formula is C4H5F2N. The molecule has 0 aliphatic heterocycles. The van der Waals surface area contributed by atoms with Crippen molar-refractivity contribution in [2.75, 3.05) is 0 Å². The van der Waals surface area contributed by atoms with Crippen molar-refractivity contribution in [3.63, 3.8) is 0 Å². The zero-order valence-corrected chi connectivity index (χ0v) is 3.57. The van der Waals surface area contributed by atoms with Gasteiger partial charge in [-0.2, -0.15) is 0 Å². The predicted octanol–water partition coefficient (Wildman–Crippen LogP) is 1.46. The number of rotatable bonds is 2. The van der Waals surface area contributed by atoms with Crippen molar-refractivity contribution in [3.8, 4) is 0 Å². The van der Waals surface area contributed by atoms with Gasteiger partial charge in [-0.25, -0.2) is 8.78 Å². The van der Waals surface area contributed by atoms with Crippen LogP contribution < -0.4 is 5.32 Å². The Morgan fingerprint density at radius 2 is 1.43 bits per heavy atom. The summed E-state index contributed by atoms with van der Waals surface area (Å²) in [6, 6.07) is 0. The van der Waals surface area contributed by atoms with Crippen molar-refractivity contribution in [2.45, 2.75) is 0 Å². The molecule has 0 aromatic heterocycles. The first-order valence-electron chi connectivity index (χ1n) is 1.68. The number of nitrogens with one attached hydrogen (secondary N) is 1. The molecule has 0 amide bonds. The van der Waals surface area contributed by atoms with Gasteiger partial charge in [-0.15, -0.1) is 0 Å². The average molecular weight is 105 g/mol. The quantitative estimate of drug-likeness (QED) is 0.560. The first kappa shape index (κ1) is 6.14. The van der Waals surface area contributed by atoms with Crippen LogP contribution in [0.25, 0.3) is 0 Å². The van der Waals surface area contributed by atoms with Crippen LogP contribution in [0, 0.1) is 0 Å². The molecule has 0 spiro atoms. The molecule has 0 bridgehead atoms. The minimum Gasteiger partial charge on any atom is -0.364 e. The van der Waals surface area contributed by atoms with E-state index in [1.165, 1.54) is 0 Å². The molecule has 0 fully saturated rings. The van der Waals surface area contributed by atoms with Gasteiger partial charge in [-0.3, -0.25) is 0 Å². The van der Waals surface area contributed by atoms with Gasteiger partial charge >= 0.3 is 0 Å². The van der Waals surface area contributed by atoms with Crippen LogP contribution in [-0.4, -0.2) is 0 Å². The summed E-state index contributed by atoms with van der Waals surface area (Å²) in [4.78, 5) is 0. The standard InChI is InChI=1S/C4H5F2N/c5-1-3-7-4-2-6/h1-4,7H/b3-1+,4-2+. The highest BCUT2D eigenvalue weighted by Gasteiger charge is 1.59. The van der Waals surface area contributed by atoms with Crippen LogP contribution in [0.3, 0.4) is 0 Å². The molecule has 0 aromatic rings. The summed E-state index contributed by atoms with van der Waals surface area (Å²) in [5, 5.41) is 2.17. The molecule has 1 nitrogen and oxygen atoms in total. The highest BCUT2D eigenvalue weighted by atomic mass is 19.1. The fraction of sp³-hybridized carbons (Fsp3) is 0. The Labute approximate surface area is 40.3 Å². The van der Waals surface area contributed by atoms with Crippen LogP contribution in [0.1, 0.15) is 0 Å². The molecule has 0 heterocycles. The molecule has 1 N–H and O–H groups in total. The molecule has 0 aromatic carbocycles. The summed E-state index contributed by atoms with van der Waals surface area (Å²) in [6.07, 6.45) is 2.49. The van der Waals surface area contributed by atoms with E-state index in [1.807, 2.05) is 0 Å². The average Bonchev–Trinajstić information content (AvgIpc) is 1.69. The van der Waals surface area contributed by atoms with Crippen molar-refractivity contribution in [3.05, 3.63) is 25.1 Å². The van der Waals surface area contributed by atoms with Crippen LogP contribution in [0.4, 0.5) is 8.78 Å². The van der Waals surface area contributed by atoms with Gasteiger partial charge in [0, 0.05) is 12.4 Å². The number of hydrogen-bond donors (Lipinski definition) is 1.